The molecule has 2 aliphatic rings. The summed E-state index contributed by atoms with van der Waals surface area (Å²) in [4.78, 5) is 26.8. The van der Waals surface area contributed by atoms with Gasteiger partial charge in [0, 0.05) is 23.0 Å². The molecule has 1 aromatic rings. The summed E-state index contributed by atoms with van der Waals surface area (Å²) >= 11 is 3.50. The molecular weight excluding hydrogens is 386 g/mol. The highest BCUT2D eigenvalue weighted by Crippen LogP contribution is 2.57. The van der Waals surface area contributed by atoms with Crippen LogP contribution in [-0.2, 0) is 26.1 Å². The average Bonchev–Trinajstić information content (AvgIpc) is 2.73. The van der Waals surface area contributed by atoms with Crippen LogP contribution in [0.15, 0.2) is 22.7 Å². The lowest BCUT2D eigenvalue weighted by Crippen LogP contribution is -2.67. The number of nitrogens with zero attached hydrogens (tertiary/aromatic N) is 1. The van der Waals surface area contributed by atoms with Gasteiger partial charge in [0.2, 0.25) is 0 Å². The number of methoxy groups -OCH3 is 1. The number of carbonyl (C=O) groups is 2. The Morgan fingerprint density at radius 1 is 1.24 bits per heavy atom. The SMILES string of the molecule is COC(=O)C1(C)c2cc(Br)ccc2CC12CN(C(=O)OC(C)(C)C)C2. The normalized spacial score (nSPS) is 23.8. The highest BCUT2D eigenvalue weighted by atomic mass is 79.9. The fourth-order valence-electron chi connectivity index (χ4n) is 4.09. The van der Waals surface area contributed by atoms with Gasteiger partial charge in [0.1, 0.15) is 5.60 Å². The number of ether oxygens (including phenoxy) is 2. The minimum atomic E-state index is -0.778. The highest BCUT2D eigenvalue weighted by Gasteiger charge is 2.66. The van der Waals surface area contributed by atoms with Crippen LogP contribution < -0.4 is 0 Å². The Morgan fingerprint density at radius 2 is 1.88 bits per heavy atom. The fraction of sp³-hybridized carbons (Fsp3) is 0.579. The minimum absolute atomic E-state index is 0.256. The molecule has 1 spiro atoms. The van der Waals surface area contributed by atoms with Crippen molar-refractivity contribution in [2.75, 3.05) is 20.2 Å². The quantitative estimate of drug-likeness (QED) is 0.663. The zero-order chi connectivity index (χ0) is 18.6. The molecule has 1 aromatic carbocycles. The maximum Gasteiger partial charge on any atom is 0.410 e. The minimum Gasteiger partial charge on any atom is -0.468 e. The second-order valence-electron chi connectivity index (χ2n) is 8.21. The van der Waals surface area contributed by atoms with Crippen LogP contribution in [0.5, 0.6) is 0 Å². The summed E-state index contributed by atoms with van der Waals surface area (Å²) in [5.74, 6) is -0.256. The van der Waals surface area contributed by atoms with E-state index >= 15 is 0 Å². The maximum absolute atomic E-state index is 12.8. The zero-order valence-corrected chi connectivity index (χ0v) is 16.9. The fourth-order valence-corrected chi connectivity index (χ4v) is 4.45. The van der Waals surface area contributed by atoms with Crippen LogP contribution in [0.3, 0.4) is 0 Å². The average molecular weight is 410 g/mol. The van der Waals surface area contributed by atoms with Crippen LogP contribution in [0.2, 0.25) is 0 Å². The molecule has 25 heavy (non-hydrogen) atoms. The van der Waals surface area contributed by atoms with Gasteiger partial charge in [-0.1, -0.05) is 22.0 Å². The number of hydrogen-bond donors (Lipinski definition) is 0. The zero-order valence-electron chi connectivity index (χ0n) is 15.3. The molecule has 1 saturated heterocycles. The Hall–Kier alpha value is -1.56. The molecule has 1 fully saturated rings. The lowest BCUT2D eigenvalue weighted by Gasteiger charge is -2.54. The number of likely N-dealkylation sites (tertiary alicyclic amines) is 1. The number of rotatable bonds is 1. The van der Waals surface area contributed by atoms with Gasteiger partial charge in [-0.25, -0.2) is 4.79 Å². The van der Waals surface area contributed by atoms with E-state index < -0.39 is 11.0 Å². The number of hydrogen-bond acceptors (Lipinski definition) is 4. The third-order valence-electron chi connectivity index (χ3n) is 5.43. The van der Waals surface area contributed by atoms with Gasteiger partial charge in [0.05, 0.1) is 12.5 Å². The van der Waals surface area contributed by atoms with Gasteiger partial charge in [-0.15, -0.1) is 0 Å². The molecule has 136 valence electrons. The van der Waals surface area contributed by atoms with E-state index in [4.69, 9.17) is 9.47 Å². The first-order chi connectivity index (χ1) is 11.5. The van der Waals surface area contributed by atoms with Gasteiger partial charge in [-0.2, -0.15) is 0 Å². The molecule has 5 nitrogen and oxygen atoms in total. The summed E-state index contributed by atoms with van der Waals surface area (Å²) in [5.41, 5.74) is 0.464. The number of benzene rings is 1. The highest BCUT2D eigenvalue weighted by molar-refractivity contribution is 9.10. The third kappa shape index (κ3) is 2.75. The summed E-state index contributed by atoms with van der Waals surface area (Å²) in [6, 6.07) is 6.03. The van der Waals surface area contributed by atoms with E-state index in [0.717, 1.165) is 22.0 Å². The van der Waals surface area contributed by atoms with E-state index in [9.17, 15) is 9.59 Å². The topological polar surface area (TPSA) is 55.8 Å². The summed E-state index contributed by atoms with van der Waals surface area (Å²) in [6.45, 7) is 8.45. The summed E-state index contributed by atoms with van der Waals surface area (Å²) < 4.78 is 11.5. The first-order valence-electron chi connectivity index (χ1n) is 8.38. The summed E-state index contributed by atoms with van der Waals surface area (Å²) in [7, 11) is 1.42. The molecule has 0 saturated carbocycles. The monoisotopic (exact) mass is 409 g/mol. The predicted molar refractivity (Wildman–Crippen MR) is 97.5 cm³/mol. The van der Waals surface area contributed by atoms with E-state index in [1.54, 1.807) is 4.90 Å². The smallest absolute Gasteiger partial charge is 0.410 e. The van der Waals surface area contributed by atoms with E-state index in [2.05, 4.69) is 15.9 Å². The second kappa shape index (κ2) is 5.73. The van der Waals surface area contributed by atoms with Crippen molar-refractivity contribution < 1.29 is 19.1 Å². The van der Waals surface area contributed by atoms with Crippen molar-refractivity contribution in [2.24, 2.45) is 5.41 Å². The van der Waals surface area contributed by atoms with E-state index in [0.29, 0.717) is 13.1 Å². The first kappa shape index (κ1) is 18.2. The second-order valence-corrected chi connectivity index (χ2v) is 9.13. The molecule has 0 aromatic heterocycles. The number of fused-ring (bicyclic) bond motifs is 1. The molecule has 1 unspecified atom stereocenters. The van der Waals surface area contributed by atoms with Gasteiger partial charge in [-0.05, 0) is 57.4 Å². The van der Waals surface area contributed by atoms with Gasteiger partial charge in [-0.3, -0.25) is 4.79 Å². The van der Waals surface area contributed by atoms with Crippen molar-refractivity contribution in [3.8, 4) is 0 Å². The third-order valence-corrected chi connectivity index (χ3v) is 5.93. The van der Waals surface area contributed by atoms with Crippen molar-refractivity contribution in [1.29, 1.82) is 0 Å². The van der Waals surface area contributed by atoms with Crippen molar-refractivity contribution in [2.45, 2.75) is 45.1 Å². The Bertz CT molecular complexity index is 733. The summed E-state index contributed by atoms with van der Waals surface area (Å²) in [6.07, 6.45) is 0.419. The van der Waals surface area contributed by atoms with Crippen molar-refractivity contribution in [3.05, 3.63) is 33.8 Å². The van der Waals surface area contributed by atoms with Crippen LogP contribution in [0.4, 0.5) is 4.79 Å². The predicted octanol–water partition coefficient (Wildman–Crippen LogP) is 3.67. The molecule has 3 rings (SSSR count). The molecule has 0 radical (unpaired) electrons. The van der Waals surface area contributed by atoms with Gasteiger partial charge in [0.15, 0.2) is 0 Å². The Balaban J connectivity index is 1.91. The standard InChI is InChI=1S/C19H24BrNO4/c1-17(2,3)25-16(23)21-10-19(11-21)9-12-6-7-13(20)8-14(12)18(19,4)15(22)24-5/h6-8H,9-11H2,1-5H3. The van der Waals surface area contributed by atoms with Gasteiger partial charge in [0.25, 0.3) is 0 Å². The van der Waals surface area contributed by atoms with E-state index in [-0.39, 0.29) is 17.5 Å². The Morgan fingerprint density at radius 3 is 2.44 bits per heavy atom. The molecule has 0 N–H and O–H groups in total. The Kier molecular flexibility index (Phi) is 4.18. The van der Waals surface area contributed by atoms with Crippen LogP contribution in [0, 0.1) is 5.41 Å². The molecule has 1 aliphatic heterocycles. The van der Waals surface area contributed by atoms with Crippen LogP contribution >= 0.6 is 15.9 Å². The number of halogens is 1. The van der Waals surface area contributed by atoms with Crippen LogP contribution in [0.1, 0.15) is 38.8 Å². The van der Waals surface area contributed by atoms with Crippen molar-refractivity contribution >= 4 is 28.0 Å². The molecule has 1 amide bonds. The van der Waals surface area contributed by atoms with Crippen molar-refractivity contribution in [1.82, 2.24) is 4.90 Å². The lowest BCUT2D eigenvalue weighted by atomic mass is 9.60. The van der Waals surface area contributed by atoms with Crippen LogP contribution in [-0.4, -0.2) is 42.8 Å². The molecule has 1 atom stereocenters. The van der Waals surface area contributed by atoms with Crippen molar-refractivity contribution in [3.63, 3.8) is 0 Å². The molecule has 1 aliphatic carbocycles. The summed E-state index contributed by atoms with van der Waals surface area (Å²) in [5, 5.41) is 0. The van der Waals surface area contributed by atoms with Gasteiger partial charge < -0.3 is 14.4 Å². The maximum atomic E-state index is 12.8. The molecular formula is C19H24BrNO4. The number of esters is 1. The number of amides is 1. The van der Waals surface area contributed by atoms with Gasteiger partial charge >= 0.3 is 12.1 Å². The molecule has 6 heteroatoms. The van der Waals surface area contributed by atoms with E-state index in [1.165, 1.54) is 7.11 Å². The van der Waals surface area contributed by atoms with E-state index in [1.807, 2.05) is 45.9 Å². The largest absolute Gasteiger partial charge is 0.468 e. The lowest BCUT2D eigenvalue weighted by molar-refractivity contribution is -0.159. The molecule has 0 bridgehead atoms. The first-order valence-corrected chi connectivity index (χ1v) is 9.17. The number of carbonyl (C=O) groups excluding carboxylic acids is 2. The Labute approximate surface area is 156 Å². The molecule has 1 heterocycles. The van der Waals surface area contributed by atoms with Crippen LogP contribution in [0.25, 0.3) is 0 Å².